The highest BCUT2D eigenvalue weighted by Crippen LogP contribution is 2.21. The van der Waals surface area contributed by atoms with Crippen molar-refractivity contribution < 1.29 is 8.60 Å². The second kappa shape index (κ2) is 5.63. The van der Waals surface area contributed by atoms with Gasteiger partial charge >= 0.3 is 0 Å². The zero-order valence-electron chi connectivity index (χ0n) is 9.40. The zero-order chi connectivity index (χ0) is 13.1. The lowest BCUT2D eigenvalue weighted by molar-refractivity contribution is 0.625. The highest BCUT2D eigenvalue weighted by molar-refractivity contribution is 9.10. The molecule has 0 aliphatic carbocycles. The fourth-order valence-corrected chi connectivity index (χ4v) is 3.31. The minimum absolute atomic E-state index is 0.241. The molecule has 1 atom stereocenters. The van der Waals surface area contributed by atoms with Crippen molar-refractivity contribution in [3.63, 3.8) is 0 Å². The van der Waals surface area contributed by atoms with E-state index in [0.717, 1.165) is 0 Å². The maximum atomic E-state index is 13.2. The summed E-state index contributed by atoms with van der Waals surface area (Å²) in [5.74, 6) is -0.109. The fourth-order valence-electron chi connectivity index (χ4n) is 1.61. The summed E-state index contributed by atoms with van der Waals surface area (Å²) in [5, 5.41) is 0. The van der Waals surface area contributed by atoms with Crippen LogP contribution in [0.4, 0.5) is 10.1 Å². The van der Waals surface area contributed by atoms with E-state index in [1.165, 1.54) is 12.1 Å². The first-order valence-electron chi connectivity index (χ1n) is 5.24. The molecule has 0 aliphatic rings. The number of rotatable bonds is 3. The standard InChI is InChI=1S/C13H11BrFNOS/c14-10-5-9(6-11(15)7-10)8-18(17)13-4-2-1-3-12(13)16/h1-7H,8,16H2. The summed E-state index contributed by atoms with van der Waals surface area (Å²) < 4.78 is 26.0. The molecule has 0 aliphatic heterocycles. The van der Waals surface area contributed by atoms with Crippen LogP contribution in [0.3, 0.4) is 0 Å². The molecule has 0 saturated heterocycles. The van der Waals surface area contributed by atoms with E-state index < -0.39 is 10.8 Å². The Morgan fingerprint density at radius 3 is 2.61 bits per heavy atom. The van der Waals surface area contributed by atoms with Gasteiger partial charge in [0.05, 0.1) is 21.4 Å². The molecule has 1 unspecified atom stereocenters. The number of benzene rings is 2. The maximum Gasteiger partial charge on any atom is 0.124 e. The largest absolute Gasteiger partial charge is 0.398 e. The molecule has 0 spiro atoms. The Labute approximate surface area is 116 Å². The van der Waals surface area contributed by atoms with Gasteiger partial charge < -0.3 is 5.73 Å². The van der Waals surface area contributed by atoms with E-state index in [2.05, 4.69) is 15.9 Å². The van der Waals surface area contributed by atoms with E-state index in [0.29, 0.717) is 20.6 Å². The van der Waals surface area contributed by atoms with Crippen LogP contribution in [-0.2, 0) is 16.6 Å². The Morgan fingerprint density at radius 1 is 1.22 bits per heavy atom. The Kier molecular flexibility index (Phi) is 4.14. The molecule has 2 aromatic carbocycles. The minimum Gasteiger partial charge on any atom is -0.398 e. The molecule has 94 valence electrons. The molecule has 0 radical (unpaired) electrons. The molecule has 0 aromatic heterocycles. The molecule has 0 heterocycles. The summed E-state index contributed by atoms with van der Waals surface area (Å²) >= 11 is 3.21. The summed E-state index contributed by atoms with van der Waals surface area (Å²) in [5.41, 5.74) is 6.92. The first kappa shape index (κ1) is 13.2. The predicted octanol–water partition coefficient (Wildman–Crippen LogP) is 3.48. The lowest BCUT2D eigenvalue weighted by atomic mass is 10.2. The van der Waals surface area contributed by atoms with E-state index in [1.807, 2.05) is 0 Å². The highest BCUT2D eigenvalue weighted by atomic mass is 79.9. The zero-order valence-corrected chi connectivity index (χ0v) is 11.8. The Bertz CT molecular complexity index is 583. The summed E-state index contributed by atoms with van der Waals surface area (Å²) in [4.78, 5) is 0.581. The van der Waals surface area contributed by atoms with Gasteiger partial charge in [-0.25, -0.2) is 4.39 Å². The van der Waals surface area contributed by atoms with Gasteiger partial charge in [0.15, 0.2) is 0 Å². The highest BCUT2D eigenvalue weighted by Gasteiger charge is 2.09. The molecule has 0 fully saturated rings. The van der Waals surface area contributed by atoms with Crippen molar-refractivity contribution in [3.8, 4) is 0 Å². The number of halogens is 2. The van der Waals surface area contributed by atoms with Crippen molar-refractivity contribution in [1.29, 1.82) is 0 Å². The van der Waals surface area contributed by atoms with Crippen molar-refractivity contribution in [3.05, 3.63) is 58.3 Å². The van der Waals surface area contributed by atoms with Crippen LogP contribution in [0.2, 0.25) is 0 Å². The second-order valence-corrected chi connectivity index (χ2v) is 6.14. The molecule has 2 rings (SSSR count). The van der Waals surface area contributed by atoms with Gasteiger partial charge in [-0.2, -0.15) is 0 Å². The van der Waals surface area contributed by atoms with Crippen LogP contribution < -0.4 is 5.73 Å². The average molecular weight is 328 g/mol. The van der Waals surface area contributed by atoms with Gasteiger partial charge in [0.2, 0.25) is 0 Å². The van der Waals surface area contributed by atoms with E-state index in [-0.39, 0.29) is 11.6 Å². The normalized spacial score (nSPS) is 12.3. The Morgan fingerprint density at radius 2 is 1.94 bits per heavy atom. The monoisotopic (exact) mass is 327 g/mol. The number of hydrogen-bond acceptors (Lipinski definition) is 2. The minimum atomic E-state index is -1.28. The van der Waals surface area contributed by atoms with Crippen LogP contribution in [0, 0.1) is 5.82 Å². The molecule has 0 saturated carbocycles. The van der Waals surface area contributed by atoms with Gasteiger partial charge in [-0.1, -0.05) is 28.1 Å². The topological polar surface area (TPSA) is 43.1 Å². The first-order chi connectivity index (χ1) is 8.56. The van der Waals surface area contributed by atoms with E-state index in [1.54, 1.807) is 30.3 Å². The number of nitrogen functional groups attached to an aromatic ring is 1. The van der Waals surface area contributed by atoms with Crippen LogP contribution in [0.1, 0.15) is 5.56 Å². The molecular formula is C13H11BrFNOS. The van der Waals surface area contributed by atoms with E-state index in [4.69, 9.17) is 5.73 Å². The number of nitrogens with two attached hydrogens (primary N) is 1. The maximum absolute atomic E-state index is 13.2. The summed E-state index contributed by atoms with van der Waals surface area (Å²) in [6.07, 6.45) is 0. The Hall–Kier alpha value is -1.20. The molecular weight excluding hydrogens is 317 g/mol. The summed E-state index contributed by atoms with van der Waals surface area (Å²) in [6.45, 7) is 0. The summed E-state index contributed by atoms with van der Waals surface area (Å²) in [7, 11) is -1.28. The molecule has 0 amide bonds. The van der Waals surface area contributed by atoms with Gasteiger partial charge in [0, 0.05) is 10.2 Å². The average Bonchev–Trinajstić information content (AvgIpc) is 2.27. The molecule has 2 nitrogen and oxygen atoms in total. The van der Waals surface area contributed by atoms with Crippen molar-refractivity contribution in [2.75, 3.05) is 5.73 Å². The molecule has 18 heavy (non-hydrogen) atoms. The first-order valence-corrected chi connectivity index (χ1v) is 7.35. The van der Waals surface area contributed by atoms with Crippen LogP contribution >= 0.6 is 15.9 Å². The molecule has 2 aromatic rings. The van der Waals surface area contributed by atoms with Crippen molar-refractivity contribution in [1.82, 2.24) is 0 Å². The van der Waals surface area contributed by atoms with Gasteiger partial charge in [0.1, 0.15) is 5.82 Å². The van der Waals surface area contributed by atoms with Crippen LogP contribution in [0.25, 0.3) is 0 Å². The number of hydrogen-bond donors (Lipinski definition) is 1. The SMILES string of the molecule is Nc1ccccc1S(=O)Cc1cc(F)cc(Br)c1. The third kappa shape index (κ3) is 3.17. The predicted molar refractivity (Wildman–Crippen MR) is 75.1 cm³/mol. The Balaban J connectivity index is 2.24. The van der Waals surface area contributed by atoms with Crippen molar-refractivity contribution in [2.45, 2.75) is 10.6 Å². The lowest BCUT2D eigenvalue weighted by Crippen LogP contribution is -2.01. The lowest BCUT2D eigenvalue weighted by Gasteiger charge is -2.06. The van der Waals surface area contributed by atoms with Crippen molar-refractivity contribution >= 4 is 32.4 Å². The molecule has 0 bridgehead atoms. The quantitative estimate of drug-likeness (QED) is 0.877. The third-order valence-corrected chi connectivity index (χ3v) is 4.30. The van der Waals surface area contributed by atoms with Gasteiger partial charge in [0.25, 0.3) is 0 Å². The number of anilines is 1. The summed E-state index contributed by atoms with van der Waals surface area (Å²) in [6, 6.07) is 11.5. The van der Waals surface area contributed by atoms with Crippen LogP contribution in [0.5, 0.6) is 0 Å². The number of para-hydroxylation sites is 1. The van der Waals surface area contributed by atoms with Gasteiger partial charge in [-0.05, 0) is 35.9 Å². The van der Waals surface area contributed by atoms with E-state index >= 15 is 0 Å². The molecule has 2 N–H and O–H groups in total. The van der Waals surface area contributed by atoms with Gasteiger partial charge in [-0.3, -0.25) is 4.21 Å². The third-order valence-electron chi connectivity index (χ3n) is 2.38. The van der Waals surface area contributed by atoms with Crippen molar-refractivity contribution in [2.24, 2.45) is 0 Å². The fraction of sp³-hybridized carbons (Fsp3) is 0.0769. The smallest absolute Gasteiger partial charge is 0.124 e. The van der Waals surface area contributed by atoms with E-state index in [9.17, 15) is 8.60 Å². The van der Waals surface area contributed by atoms with Gasteiger partial charge in [-0.15, -0.1) is 0 Å². The van der Waals surface area contributed by atoms with Crippen LogP contribution in [-0.4, -0.2) is 4.21 Å². The molecule has 5 heteroatoms. The van der Waals surface area contributed by atoms with Crippen LogP contribution in [0.15, 0.2) is 51.8 Å². The second-order valence-electron chi connectivity index (χ2n) is 3.81.